The Bertz CT molecular complexity index is 253. The van der Waals surface area contributed by atoms with E-state index in [0.29, 0.717) is 5.91 Å². The van der Waals surface area contributed by atoms with Gasteiger partial charge in [-0.05, 0) is 39.0 Å². The molecule has 0 aromatic rings. The average Bonchev–Trinajstić information content (AvgIpc) is 2.39. The minimum Gasteiger partial charge on any atom is -0.338 e. The lowest BCUT2D eigenvalue weighted by Gasteiger charge is -2.40. The van der Waals surface area contributed by atoms with Crippen molar-refractivity contribution in [3.05, 3.63) is 0 Å². The zero-order chi connectivity index (χ0) is 13.5. The molecule has 0 spiro atoms. The van der Waals surface area contributed by atoms with Crippen LogP contribution in [0, 0.1) is 5.92 Å². The molecule has 0 bridgehead atoms. The number of amides is 1. The van der Waals surface area contributed by atoms with E-state index in [1.54, 1.807) is 0 Å². The fourth-order valence-corrected chi connectivity index (χ4v) is 2.96. The number of unbranched alkanes of at least 4 members (excludes halogenated alkanes) is 1. The number of piperidine rings is 1. The normalized spacial score (nSPS) is 23.8. The predicted octanol–water partition coefficient (Wildman–Crippen LogP) is 2.93. The molecule has 3 unspecified atom stereocenters. The summed E-state index contributed by atoms with van der Waals surface area (Å²) in [6, 6.07) is 0.361. The second-order valence-corrected chi connectivity index (χ2v) is 5.70. The van der Waals surface area contributed by atoms with Crippen LogP contribution in [0.4, 0.5) is 0 Å². The molecular weight excluding hydrogens is 224 g/mol. The summed E-state index contributed by atoms with van der Waals surface area (Å²) < 4.78 is 0. The van der Waals surface area contributed by atoms with Crippen LogP contribution in [0.2, 0.25) is 0 Å². The van der Waals surface area contributed by atoms with Crippen LogP contribution in [0.1, 0.15) is 65.7 Å². The maximum atomic E-state index is 12.6. The first-order valence-electron chi connectivity index (χ1n) is 7.67. The van der Waals surface area contributed by atoms with Crippen molar-refractivity contribution in [2.45, 2.75) is 77.8 Å². The Morgan fingerprint density at radius 2 is 2.11 bits per heavy atom. The van der Waals surface area contributed by atoms with Gasteiger partial charge >= 0.3 is 0 Å². The van der Waals surface area contributed by atoms with E-state index in [1.165, 1.54) is 12.8 Å². The van der Waals surface area contributed by atoms with Crippen LogP contribution in [-0.4, -0.2) is 29.4 Å². The van der Waals surface area contributed by atoms with Gasteiger partial charge in [-0.2, -0.15) is 0 Å². The van der Waals surface area contributed by atoms with Crippen LogP contribution in [-0.2, 0) is 4.79 Å². The van der Waals surface area contributed by atoms with E-state index in [1.807, 2.05) is 6.92 Å². The van der Waals surface area contributed by atoms with E-state index in [4.69, 9.17) is 5.73 Å². The largest absolute Gasteiger partial charge is 0.338 e. The summed E-state index contributed by atoms with van der Waals surface area (Å²) in [5, 5.41) is 0. The molecule has 0 aromatic heterocycles. The van der Waals surface area contributed by atoms with E-state index in [0.717, 1.165) is 38.6 Å². The Hall–Kier alpha value is -0.570. The lowest BCUT2D eigenvalue weighted by atomic mass is 9.92. The molecule has 0 aliphatic carbocycles. The zero-order valence-corrected chi connectivity index (χ0v) is 12.3. The Morgan fingerprint density at radius 1 is 1.39 bits per heavy atom. The third-order valence-corrected chi connectivity index (χ3v) is 4.19. The molecule has 0 radical (unpaired) electrons. The molecule has 1 aliphatic rings. The van der Waals surface area contributed by atoms with Gasteiger partial charge < -0.3 is 10.6 Å². The number of nitrogens with two attached hydrogens (primary N) is 1. The number of hydrogen-bond acceptors (Lipinski definition) is 2. The molecule has 18 heavy (non-hydrogen) atoms. The smallest absolute Gasteiger partial charge is 0.225 e. The highest BCUT2D eigenvalue weighted by Crippen LogP contribution is 2.24. The topological polar surface area (TPSA) is 46.3 Å². The first kappa shape index (κ1) is 15.5. The molecule has 3 atom stereocenters. The standard InChI is InChI=1S/C15H30N2O/c1-4-6-9-13(5-2)15(18)17-11-8-7-10-14(17)12(3)16/h12-14H,4-11,16H2,1-3H3. The minimum atomic E-state index is 0.0953. The lowest BCUT2D eigenvalue weighted by Crippen LogP contribution is -2.53. The quantitative estimate of drug-likeness (QED) is 0.792. The van der Waals surface area contributed by atoms with Gasteiger partial charge in [-0.25, -0.2) is 0 Å². The zero-order valence-electron chi connectivity index (χ0n) is 12.3. The van der Waals surface area contributed by atoms with Crippen molar-refractivity contribution in [3.63, 3.8) is 0 Å². The Balaban J connectivity index is 2.65. The van der Waals surface area contributed by atoms with Gasteiger partial charge in [-0.15, -0.1) is 0 Å². The van der Waals surface area contributed by atoms with Crippen LogP contribution in [0.5, 0.6) is 0 Å². The van der Waals surface area contributed by atoms with E-state index < -0.39 is 0 Å². The van der Waals surface area contributed by atoms with E-state index in [2.05, 4.69) is 18.7 Å². The molecule has 0 aromatic carbocycles. The van der Waals surface area contributed by atoms with Gasteiger partial charge in [0.25, 0.3) is 0 Å². The van der Waals surface area contributed by atoms with E-state index >= 15 is 0 Å². The predicted molar refractivity (Wildman–Crippen MR) is 76.3 cm³/mol. The molecule has 0 saturated carbocycles. The monoisotopic (exact) mass is 254 g/mol. The van der Waals surface area contributed by atoms with Gasteiger partial charge in [0.05, 0.1) is 0 Å². The maximum Gasteiger partial charge on any atom is 0.225 e. The summed E-state index contributed by atoms with van der Waals surface area (Å²) in [6.45, 7) is 7.25. The second kappa shape index (κ2) is 7.78. The average molecular weight is 254 g/mol. The molecular formula is C15H30N2O. The SMILES string of the molecule is CCCCC(CC)C(=O)N1CCCCC1C(C)N. The molecule has 3 nitrogen and oxygen atoms in total. The third-order valence-electron chi connectivity index (χ3n) is 4.19. The molecule has 1 heterocycles. The van der Waals surface area contributed by atoms with Crippen LogP contribution >= 0.6 is 0 Å². The number of carbonyl (C=O) groups excluding carboxylic acids is 1. The van der Waals surface area contributed by atoms with Crippen LogP contribution in [0.15, 0.2) is 0 Å². The first-order valence-corrected chi connectivity index (χ1v) is 7.67. The molecule has 2 N–H and O–H groups in total. The summed E-state index contributed by atoms with van der Waals surface area (Å²) in [4.78, 5) is 14.7. The van der Waals surface area contributed by atoms with Crippen molar-refractivity contribution in [2.24, 2.45) is 11.7 Å². The second-order valence-electron chi connectivity index (χ2n) is 5.70. The van der Waals surface area contributed by atoms with Crippen molar-refractivity contribution in [1.29, 1.82) is 0 Å². The van der Waals surface area contributed by atoms with Crippen molar-refractivity contribution in [2.75, 3.05) is 6.54 Å². The van der Waals surface area contributed by atoms with Gasteiger partial charge in [0, 0.05) is 24.5 Å². The number of hydrogen-bond donors (Lipinski definition) is 1. The highest BCUT2D eigenvalue weighted by molar-refractivity contribution is 5.79. The Kier molecular flexibility index (Phi) is 6.69. The van der Waals surface area contributed by atoms with Crippen molar-refractivity contribution in [1.82, 2.24) is 4.90 Å². The maximum absolute atomic E-state index is 12.6. The summed E-state index contributed by atoms with van der Waals surface area (Å²) in [5.74, 6) is 0.567. The van der Waals surface area contributed by atoms with E-state index in [9.17, 15) is 4.79 Å². The number of nitrogens with zero attached hydrogens (tertiary/aromatic N) is 1. The Labute approximate surface area is 112 Å². The van der Waals surface area contributed by atoms with Gasteiger partial charge in [0.1, 0.15) is 0 Å². The molecule has 1 amide bonds. The van der Waals surface area contributed by atoms with Crippen LogP contribution in [0.25, 0.3) is 0 Å². The van der Waals surface area contributed by atoms with Gasteiger partial charge in [-0.3, -0.25) is 4.79 Å². The van der Waals surface area contributed by atoms with Gasteiger partial charge in [-0.1, -0.05) is 26.7 Å². The molecule has 1 aliphatic heterocycles. The molecule has 1 fully saturated rings. The van der Waals surface area contributed by atoms with Crippen LogP contribution < -0.4 is 5.73 Å². The fraction of sp³-hybridized carbons (Fsp3) is 0.933. The van der Waals surface area contributed by atoms with Crippen LogP contribution in [0.3, 0.4) is 0 Å². The summed E-state index contributed by atoms with van der Waals surface area (Å²) in [6.07, 6.45) is 7.74. The van der Waals surface area contributed by atoms with Gasteiger partial charge in [0.2, 0.25) is 5.91 Å². The van der Waals surface area contributed by atoms with Crippen molar-refractivity contribution in [3.8, 4) is 0 Å². The number of rotatable bonds is 6. The Morgan fingerprint density at radius 3 is 2.67 bits per heavy atom. The number of likely N-dealkylation sites (tertiary alicyclic amines) is 1. The third kappa shape index (κ3) is 3.98. The van der Waals surface area contributed by atoms with E-state index in [-0.39, 0.29) is 18.0 Å². The first-order chi connectivity index (χ1) is 8.61. The summed E-state index contributed by atoms with van der Waals surface area (Å²) in [5.41, 5.74) is 6.04. The van der Waals surface area contributed by atoms with Gasteiger partial charge in [0.15, 0.2) is 0 Å². The molecule has 1 rings (SSSR count). The molecule has 1 saturated heterocycles. The fourth-order valence-electron chi connectivity index (χ4n) is 2.96. The van der Waals surface area contributed by atoms with Crippen molar-refractivity contribution >= 4 is 5.91 Å². The highest BCUT2D eigenvalue weighted by Gasteiger charge is 2.32. The van der Waals surface area contributed by atoms with Crippen molar-refractivity contribution < 1.29 is 4.79 Å². The molecule has 3 heteroatoms. The number of carbonyl (C=O) groups is 1. The highest BCUT2D eigenvalue weighted by atomic mass is 16.2. The summed E-state index contributed by atoms with van der Waals surface area (Å²) in [7, 11) is 0. The molecule has 106 valence electrons. The summed E-state index contributed by atoms with van der Waals surface area (Å²) >= 11 is 0. The lowest BCUT2D eigenvalue weighted by molar-refractivity contribution is -0.140. The minimum absolute atomic E-state index is 0.0953.